The number of carbonyl (C=O) groups is 2. The molecule has 13 heteroatoms. The first-order valence-corrected chi connectivity index (χ1v) is 12.6. The molecule has 2 amide bonds. The summed E-state index contributed by atoms with van der Waals surface area (Å²) in [5.41, 5.74) is 0.979. The highest BCUT2D eigenvalue weighted by atomic mass is 35.5. The Morgan fingerprint density at radius 3 is 2.67 bits per heavy atom. The van der Waals surface area contributed by atoms with Crippen molar-refractivity contribution in [3.8, 4) is 5.75 Å². The van der Waals surface area contributed by atoms with E-state index in [0.29, 0.717) is 29.2 Å². The normalized spacial score (nSPS) is 14.0. The minimum atomic E-state index is -0.554. The Morgan fingerprint density at radius 2 is 2.00 bits per heavy atom. The molecule has 188 valence electrons. The van der Waals surface area contributed by atoms with E-state index in [1.165, 1.54) is 36.8 Å². The molecule has 9 nitrogen and oxygen atoms in total. The summed E-state index contributed by atoms with van der Waals surface area (Å²) in [4.78, 5) is 30.7. The van der Waals surface area contributed by atoms with Gasteiger partial charge in [-0.1, -0.05) is 34.8 Å². The highest BCUT2D eigenvalue weighted by Gasteiger charge is 2.25. The Labute approximate surface area is 226 Å². The van der Waals surface area contributed by atoms with Crippen LogP contribution in [0.2, 0.25) is 15.1 Å². The van der Waals surface area contributed by atoms with Gasteiger partial charge in [-0.25, -0.2) is 14.9 Å². The van der Waals surface area contributed by atoms with Crippen LogP contribution in [0.1, 0.15) is 25.6 Å². The summed E-state index contributed by atoms with van der Waals surface area (Å²) < 4.78 is 12.8. The van der Waals surface area contributed by atoms with Gasteiger partial charge in [0.05, 0.1) is 35.5 Å². The van der Waals surface area contributed by atoms with E-state index in [0.717, 1.165) is 12.1 Å². The quantitative estimate of drug-likeness (QED) is 0.355. The summed E-state index contributed by atoms with van der Waals surface area (Å²) >= 11 is 19.8. The van der Waals surface area contributed by atoms with Crippen LogP contribution in [0.4, 0.5) is 11.5 Å². The van der Waals surface area contributed by atoms with Crippen LogP contribution in [-0.4, -0.2) is 54.7 Å². The van der Waals surface area contributed by atoms with Crippen LogP contribution in [0, 0.1) is 0 Å². The van der Waals surface area contributed by atoms with E-state index >= 15 is 0 Å². The molecule has 1 aliphatic heterocycles. The average molecular weight is 570 g/mol. The SMILES string of the molecule is COc1cc(Cl)cc(C(=O)Nc2ccc(Cl)cn2)c1NC(=O)c1scc(C[N+](C)=C2NCCO2)c1Cl. The molecule has 1 aliphatic rings. The maximum Gasteiger partial charge on any atom is 0.444 e. The number of amidine groups is 1. The molecule has 4 rings (SSSR count). The van der Waals surface area contributed by atoms with Gasteiger partial charge in [-0.05, 0) is 18.2 Å². The van der Waals surface area contributed by atoms with Gasteiger partial charge in [0.25, 0.3) is 11.8 Å². The molecular formula is C23H21Cl3N5O4S+. The lowest BCUT2D eigenvalue weighted by atomic mass is 10.1. The topological polar surface area (TPSA) is 105 Å². The molecule has 2 aromatic heterocycles. The van der Waals surface area contributed by atoms with E-state index in [1.54, 1.807) is 12.1 Å². The molecule has 36 heavy (non-hydrogen) atoms. The molecule has 3 heterocycles. The van der Waals surface area contributed by atoms with Crippen LogP contribution in [0.25, 0.3) is 0 Å². The third kappa shape index (κ3) is 5.84. The van der Waals surface area contributed by atoms with E-state index in [4.69, 9.17) is 44.3 Å². The number of amides is 2. The number of nitrogens with one attached hydrogen (secondary N) is 3. The number of hydrogen-bond donors (Lipinski definition) is 3. The van der Waals surface area contributed by atoms with Gasteiger partial charge in [-0.15, -0.1) is 11.3 Å². The highest BCUT2D eigenvalue weighted by Crippen LogP contribution is 2.35. The Morgan fingerprint density at radius 1 is 1.19 bits per heavy atom. The molecule has 0 aliphatic carbocycles. The van der Waals surface area contributed by atoms with Crippen LogP contribution >= 0.6 is 46.1 Å². The van der Waals surface area contributed by atoms with Crippen molar-refractivity contribution in [1.82, 2.24) is 10.3 Å². The van der Waals surface area contributed by atoms with Gasteiger partial charge in [0.2, 0.25) is 0 Å². The van der Waals surface area contributed by atoms with Gasteiger partial charge in [-0.3, -0.25) is 9.59 Å². The maximum absolute atomic E-state index is 13.2. The largest absolute Gasteiger partial charge is 0.494 e. The molecule has 1 aromatic carbocycles. The van der Waals surface area contributed by atoms with Crippen LogP contribution in [-0.2, 0) is 11.3 Å². The highest BCUT2D eigenvalue weighted by molar-refractivity contribution is 7.13. The summed E-state index contributed by atoms with van der Waals surface area (Å²) in [7, 11) is 3.27. The van der Waals surface area contributed by atoms with Crippen molar-refractivity contribution in [2.75, 3.05) is 37.9 Å². The van der Waals surface area contributed by atoms with Crippen LogP contribution in [0.3, 0.4) is 0 Å². The predicted molar refractivity (Wildman–Crippen MR) is 141 cm³/mol. The molecule has 0 atom stereocenters. The number of pyridine rings is 1. The van der Waals surface area contributed by atoms with E-state index < -0.39 is 11.8 Å². The second kappa shape index (κ2) is 11.3. The number of anilines is 2. The first kappa shape index (κ1) is 26.0. The lowest BCUT2D eigenvalue weighted by Crippen LogP contribution is -2.27. The molecule has 0 bridgehead atoms. The Balaban J connectivity index is 1.60. The number of rotatable bonds is 7. The first-order valence-electron chi connectivity index (χ1n) is 10.6. The zero-order valence-electron chi connectivity index (χ0n) is 19.2. The van der Waals surface area contributed by atoms with Gasteiger partial charge in [0.15, 0.2) is 0 Å². The Hall–Kier alpha value is -3.05. The molecular weight excluding hydrogens is 549 g/mol. The van der Waals surface area contributed by atoms with Gasteiger partial charge in [0, 0.05) is 28.2 Å². The third-order valence-corrected chi connectivity index (χ3v) is 7.13. The number of thiophene rings is 1. The summed E-state index contributed by atoms with van der Waals surface area (Å²) in [5.74, 6) is -0.574. The molecule has 3 aromatic rings. The fourth-order valence-corrected chi connectivity index (χ4v) is 4.99. The van der Waals surface area contributed by atoms with Crippen molar-refractivity contribution >= 4 is 75.5 Å². The van der Waals surface area contributed by atoms with Gasteiger partial charge in [0.1, 0.15) is 36.1 Å². The van der Waals surface area contributed by atoms with E-state index in [-0.39, 0.29) is 32.7 Å². The summed E-state index contributed by atoms with van der Waals surface area (Å²) in [6.07, 6.45) is 1.40. The molecule has 0 radical (unpaired) electrons. The number of hydrogen-bond acceptors (Lipinski definition) is 6. The van der Waals surface area contributed by atoms with Crippen molar-refractivity contribution in [2.24, 2.45) is 0 Å². The summed E-state index contributed by atoms with van der Waals surface area (Å²) in [6, 6.07) is 6.71. The molecule has 0 spiro atoms. The number of carbonyl (C=O) groups excluding carboxylic acids is 2. The van der Waals surface area contributed by atoms with E-state index in [1.807, 2.05) is 17.0 Å². The lowest BCUT2D eigenvalue weighted by Gasteiger charge is -2.15. The minimum absolute atomic E-state index is 0.0814. The molecule has 1 saturated heterocycles. The second-order valence-electron chi connectivity index (χ2n) is 7.64. The maximum atomic E-state index is 13.2. The van der Waals surface area contributed by atoms with Crippen molar-refractivity contribution in [1.29, 1.82) is 0 Å². The second-order valence-corrected chi connectivity index (χ2v) is 9.77. The molecule has 3 N–H and O–H groups in total. The van der Waals surface area contributed by atoms with Crippen LogP contribution < -0.4 is 20.7 Å². The zero-order chi connectivity index (χ0) is 25.8. The fourth-order valence-electron chi connectivity index (χ4n) is 3.42. The Bertz CT molecular complexity index is 1340. The van der Waals surface area contributed by atoms with Crippen molar-refractivity contribution in [3.05, 3.63) is 66.9 Å². The van der Waals surface area contributed by atoms with Crippen molar-refractivity contribution in [2.45, 2.75) is 6.54 Å². The van der Waals surface area contributed by atoms with Gasteiger partial charge in [-0.2, -0.15) is 0 Å². The lowest BCUT2D eigenvalue weighted by molar-refractivity contribution is -0.523. The number of methoxy groups -OCH3 is 1. The molecule has 0 saturated carbocycles. The van der Waals surface area contributed by atoms with E-state index in [9.17, 15) is 9.59 Å². The predicted octanol–water partition coefficient (Wildman–Crippen LogP) is 4.73. The Kier molecular flexibility index (Phi) is 8.20. The van der Waals surface area contributed by atoms with Crippen molar-refractivity contribution in [3.63, 3.8) is 0 Å². The smallest absolute Gasteiger partial charge is 0.444 e. The van der Waals surface area contributed by atoms with Crippen LogP contribution in [0.15, 0.2) is 35.8 Å². The first-order chi connectivity index (χ1) is 17.3. The molecule has 1 fully saturated rings. The monoisotopic (exact) mass is 568 g/mol. The number of benzene rings is 1. The number of aromatic nitrogens is 1. The standard InChI is InChI=1S/C23H20Cl3N5O4S/c1-31(23-27-5-6-35-23)10-12-11-36-20(18(12)26)22(33)30-19-15(7-14(25)8-16(19)34-2)21(32)29-17-4-3-13(24)9-28-17/h3-4,7-9,11H,5-6,10H2,1-2H3,(H2,28,29,30,32,33)/p+1. The van der Waals surface area contributed by atoms with Crippen LogP contribution in [0.5, 0.6) is 5.75 Å². The number of ether oxygens (including phenoxy) is 2. The zero-order valence-corrected chi connectivity index (χ0v) is 22.2. The van der Waals surface area contributed by atoms with Crippen molar-refractivity contribution < 1.29 is 23.6 Å². The number of nitrogens with zero attached hydrogens (tertiary/aromatic N) is 2. The summed E-state index contributed by atoms with van der Waals surface area (Å²) in [5, 5.41) is 11.3. The van der Waals surface area contributed by atoms with Gasteiger partial charge >= 0.3 is 6.02 Å². The summed E-state index contributed by atoms with van der Waals surface area (Å²) in [6.45, 7) is 1.77. The molecule has 0 unspecified atom stereocenters. The van der Waals surface area contributed by atoms with E-state index in [2.05, 4.69) is 20.9 Å². The third-order valence-electron chi connectivity index (χ3n) is 5.12. The minimum Gasteiger partial charge on any atom is -0.494 e. The fraction of sp³-hybridized carbons (Fsp3) is 0.217. The number of halogens is 3. The van der Waals surface area contributed by atoms with Gasteiger partial charge < -0.3 is 20.1 Å². The average Bonchev–Trinajstić information content (AvgIpc) is 3.52.